The van der Waals surface area contributed by atoms with Crippen molar-refractivity contribution in [1.82, 2.24) is 0 Å². The van der Waals surface area contributed by atoms with E-state index < -0.39 is 17.6 Å². The fourth-order valence-electron chi connectivity index (χ4n) is 4.06. The van der Waals surface area contributed by atoms with Crippen LogP contribution in [0.2, 0.25) is 0 Å². The van der Waals surface area contributed by atoms with Gasteiger partial charge in [-0.25, -0.2) is 4.79 Å². The highest BCUT2D eigenvalue weighted by molar-refractivity contribution is 5.89. The van der Waals surface area contributed by atoms with Crippen molar-refractivity contribution in [2.24, 2.45) is 11.7 Å². The van der Waals surface area contributed by atoms with E-state index in [1.807, 2.05) is 32.9 Å². The maximum atomic E-state index is 12.5. The number of nitrogens with two attached hydrogens (primary N) is 1. The molecule has 180 valence electrons. The minimum Gasteiger partial charge on any atom is -0.462 e. The van der Waals surface area contributed by atoms with Crippen LogP contribution < -0.4 is 10.6 Å². The Balaban J connectivity index is 1.64. The van der Waals surface area contributed by atoms with Crippen LogP contribution in [0.25, 0.3) is 0 Å². The summed E-state index contributed by atoms with van der Waals surface area (Å²) < 4.78 is 10.9. The number of benzene rings is 2. The van der Waals surface area contributed by atoms with Gasteiger partial charge in [-0.3, -0.25) is 4.79 Å². The number of carbonyl (C=O) groups excluding carboxylic acids is 2. The zero-order valence-electron chi connectivity index (χ0n) is 20.3. The van der Waals surface area contributed by atoms with Gasteiger partial charge in [-0.2, -0.15) is 5.26 Å². The van der Waals surface area contributed by atoms with Crippen LogP contribution in [0.3, 0.4) is 0 Å². The maximum Gasteiger partial charge on any atom is 0.338 e. The molecule has 2 aromatic carbocycles. The summed E-state index contributed by atoms with van der Waals surface area (Å²) in [4.78, 5) is 26.7. The van der Waals surface area contributed by atoms with Crippen molar-refractivity contribution in [1.29, 1.82) is 5.26 Å². The maximum absolute atomic E-state index is 12.5. The predicted molar refractivity (Wildman–Crippen MR) is 130 cm³/mol. The van der Waals surface area contributed by atoms with Crippen molar-refractivity contribution < 1.29 is 19.1 Å². The molecule has 1 aliphatic rings. The van der Waals surface area contributed by atoms with Crippen molar-refractivity contribution in [3.05, 3.63) is 64.7 Å². The number of nitrogens with zero attached hydrogens (tertiary/aromatic N) is 2. The number of rotatable bonds is 8. The average molecular weight is 464 g/mol. The number of esters is 2. The van der Waals surface area contributed by atoms with Crippen molar-refractivity contribution >= 4 is 17.6 Å². The molecule has 0 saturated carbocycles. The van der Waals surface area contributed by atoms with Gasteiger partial charge in [0.2, 0.25) is 0 Å². The molecule has 1 aliphatic heterocycles. The molecule has 0 aromatic heterocycles. The first kappa shape index (κ1) is 25.3. The Morgan fingerprint density at radius 3 is 2.56 bits per heavy atom. The van der Waals surface area contributed by atoms with Crippen LogP contribution in [-0.2, 0) is 20.7 Å². The van der Waals surface area contributed by atoms with Crippen LogP contribution in [0.15, 0.2) is 42.5 Å². The van der Waals surface area contributed by atoms with E-state index in [9.17, 15) is 14.9 Å². The largest absolute Gasteiger partial charge is 0.462 e. The molecule has 7 heteroatoms. The molecule has 2 N–H and O–H groups in total. The van der Waals surface area contributed by atoms with Gasteiger partial charge >= 0.3 is 11.9 Å². The number of ether oxygens (including phenoxy) is 2. The lowest BCUT2D eigenvalue weighted by Gasteiger charge is -2.26. The standard InChI is InChI=1S/C27H33N3O4/c1-18(25(31)34-27(2,3)4)23(29)21-15-20-11-13-30(24(20)22(16-21)17-28)12-8-14-33-26(32)19-9-6-5-7-10-19/h5-7,9-10,15-16,18,23H,8,11-14,29H2,1-4H3/t18-,23?/m1/s1. The number of carbonyl (C=O) groups is 2. The van der Waals surface area contributed by atoms with Gasteiger partial charge in [-0.05, 0) is 62.9 Å². The Morgan fingerprint density at radius 2 is 1.91 bits per heavy atom. The van der Waals surface area contributed by atoms with Crippen LogP contribution >= 0.6 is 0 Å². The zero-order valence-corrected chi connectivity index (χ0v) is 20.3. The summed E-state index contributed by atoms with van der Waals surface area (Å²) in [6.07, 6.45) is 1.44. The molecule has 0 radical (unpaired) electrons. The van der Waals surface area contributed by atoms with Crippen molar-refractivity contribution in [3.63, 3.8) is 0 Å². The lowest BCUT2D eigenvalue weighted by Crippen LogP contribution is -2.33. The molecule has 2 atom stereocenters. The third-order valence-electron chi connectivity index (χ3n) is 5.82. The number of anilines is 1. The second-order valence-electron chi connectivity index (χ2n) is 9.63. The molecule has 7 nitrogen and oxygen atoms in total. The van der Waals surface area contributed by atoms with Crippen molar-refractivity contribution in [3.8, 4) is 6.07 Å². The van der Waals surface area contributed by atoms with Crippen molar-refractivity contribution in [2.45, 2.75) is 52.2 Å². The molecular formula is C27H33N3O4. The number of fused-ring (bicyclic) bond motifs is 1. The minimum absolute atomic E-state index is 0.303. The zero-order chi connectivity index (χ0) is 24.9. The van der Waals surface area contributed by atoms with Gasteiger partial charge in [0, 0.05) is 19.1 Å². The van der Waals surface area contributed by atoms with E-state index in [2.05, 4.69) is 11.0 Å². The van der Waals surface area contributed by atoms with E-state index in [0.717, 1.165) is 29.8 Å². The van der Waals surface area contributed by atoms with Crippen LogP contribution in [0, 0.1) is 17.2 Å². The van der Waals surface area contributed by atoms with E-state index in [-0.39, 0.29) is 11.9 Å². The summed E-state index contributed by atoms with van der Waals surface area (Å²) in [7, 11) is 0. The van der Waals surface area contributed by atoms with E-state index in [0.29, 0.717) is 30.7 Å². The Morgan fingerprint density at radius 1 is 1.21 bits per heavy atom. The van der Waals surface area contributed by atoms with Crippen molar-refractivity contribution in [2.75, 3.05) is 24.6 Å². The van der Waals surface area contributed by atoms with Gasteiger partial charge in [0.1, 0.15) is 11.7 Å². The molecule has 0 aliphatic carbocycles. The van der Waals surface area contributed by atoms with E-state index >= 15 is 0 Å². The summed E-state index contributed by atoms with van der Waals surface area (Å²) in [6.45, 7) is 8.97. The molecule has 0 fully saturated rings. The normalized spacial score (nSPS) is 14.6. The highest BCUT2D eigenvalue weighted by atomic mass is 16.6. The first-order chi connectivity index (χ1) is 16.1. The second-order valence-corrected chi connectivity index (χ2v) is 9.63. The van der Waals surface area contributed by atoms with Gasteiger partial charge in [-0.15, -0.1) is 0 Å². The summed E-state index contributed by atoms with van der Waals surface area (Å²) in [5.74, 6) is -1.23. The molecule has 0 spiro atoms. The lowest BCUT2D eigenvalue weighted by molar-refractivity contribution is -0.160. The molecule has 1 heterocycles. The number of nitriles is 1. The van der Waals surface area contributed by atoms with Gasteiger partial charge < -0.3 is 20.1 Å². The fraction of sp³-hybridized carbons (Fsp3) is 0.444. The fourth-order valence-corrected chi connectivity index (χ4v) is 4.06. The van der Waals surface area contributed by atoms with Crippen LogP contribution in [0.5, 0.6) is 0 Å². The van der Waals surface area contributed by atoms with Crippen LogP contribution in [0.4, 0.5) is 5.69 Å². The Kier molecular flexibility index (Phi) is 7.95. The van der Waals surface area contributed by atoms with E-state index in [4.69, 9.17) is 15.2 Å². The van der Waals surface area contributed by atoms with E-state index in [1.54, 1.807) is 37.3 Å². The van der Waals surface area contributed by atoms with Gasteiger partial charge in [0.25, 0.3) is 0 Å². The van der Waals surface area contributed by atoms with Crippen LogP contribution in [-0.4, -0.2) is 37.2 Å². The van der Waals surface area contributed by atoms with Gasteiger partial charge in [-0.1, -0.05) is 31.2 Å². The molecule has 2 aromatic rings. The first-order valence-corrected chi connectivity index (χ1v) is 11.6. The monoisotopic (exact) mass is 463 g/mol. The Hall–Kier alpha value is -3.37. The molecule has 0 bridgehead atoms. The van der Waals surface area contributed by atoms with Gasteiger partial charge in [0.05, 0.1) is 29.3 Å². The first-order valence-electron chi connectivity index (χ1n) is 11.6. The molecule has 0 amide bonds. The highest BCUT2D eigenvalue weighted by Gasteiger charge is 2.30. The molecule has 0 saturated heterocycles. The molecule has 3 rings (SSSR count). The molecular weight excluding hydrogens is 430 g/mol. The number of hydrogen-bond donors (Lipinski definition) is 1. The number of hydrogen-bond acceptors (Lipinski definition) is 7. The third-order valence-corrected chi connectivity index (χ3v) is 5.82. The summed E-state index contributed by atoms with van der Waals surface area (Å²) in [5, 5.41) is 9.82. The third kappa shape index (κ3) is 6.15. The summed E-state index contributed by atoms with van der Waals surface area (Å²) in [6, 6.07) is 14.4. The smallest absolute Gasteiger partial charge is 0.338 e. The Bertz CT molecular complexity index is 1070. The second kappa shape index (κ2) is 10.7. The quantitative estimate of drug-likeness (QED) is 0.463. The average Bonchev–Trinajstić information content (AvgIpc) is 3.22. The van der Waals surface area contributed by atoms with Gasteiger partial charge in [0.15, 0.2) is 0 Å². The molecule has 34 heavy (non-hydrogen) atoms. The summed E-state index contributed by atoms with van der Waals surface area (Å²) in [5.41, 5.74) is 9.60. The SMILES string of the molecule is C[C@@H](C(=O)OC(C)(C)C)C(N)c1cc(C#N)c2c(c1)CCN2CCCOC(=O)c1ccccc1. The highest BCUT2D eigenvalue weighted by Crippen LogP contribution is 2.35. The lowest BCUT2D eigenvalue weighted by atomic mass is 9.91. The molecule has 1 unspecified atom stereocenters. The topological polar surface area (TPSA) is 106 Å². The summed E-state index contributed by atoms with van der Waals surface area (Å²) >= 11 is 0. The van der Waals surface area contributed by atoms with Crippen LogP contribution in [0.1, 0.15) is 67.2 Å². The predicted octanol–water partition coefficient (Wildman–Crippen LogP) is 4.15. The van der Waals surface area contributed by atoms with E-state index in [1.165, 1.54) is 0 Å². The Labute approximate surface area is 201 Å². The minimum atomic E-state index is -0.587.